The van der Waals surface area contributed by atoms with Crippen molar-refractivity contribution in [3.05, 3.63) is 35.4 Å². The quantitative estimate of drug-likeness (QED) is 0.856. The molecule has 0 saturated carbocycles. The number of nitrogens with one attached hydrogen (secondary N) is 1. The van der Waals surface area contributed by atoms with Crippen LogP contribution >= 0.6 is 11.6 Å². The second-order valence-corrected chi connectivity index (χ2v) is 5.70. The highest BCUT2D eigenvalue weighted by atomic mass is 35.5. The third-order valence-electron chi connectivity index (χ3n) is 2.70. The van der Waals surface area contributed by atoms with Crippen molar-refractivity contribution in [2.24, 2.45) is 0 Å². The van der Waals surface area contributed by atoms with E-state index in [4.69, 9.17) is 11.6 Å². The van der Waals surface area contributed by atoms with Crippen LogP contribution in [0, 0.1) is 0 Å². The number of hydrogen-bond donors (Lipinski definition) is 1. The Labute approximate surface area is 113 Å². The van der Waals surface area contributed by atoms with E-state index in [0.717, 1.165) is 5.56 Å². The molecule has 98 valence electrons. The van der Waals surface area contributed by atoms with Gasteiger partial charge in [0.15, 0.2) is 0 Å². The van der Waals surface area contributed by atoms with E-state index in [1.165, 1.54) is 0 Å². The molecule has 1 amide bonds. The van der Waals surface area contributed by atoms with Gasteiger partial charge >= 0.3 is 0 Å². The molecule has 0 radical (unpaired) electrons. The minimum Gasteiger partial charge on any atom is -0.341 e. The maximum atomic E-state index is 11.8. The third kappa shape index (κ3) is 3.84. The van der Waals surface area contributed by atoms with E-state index in [0.29, 0.717) is 5.56 Å². The zero-order valence-corrected chi connectivity index (χ0v) is 11.8. The molecule has 1 aromatic carbocycles. The first-order valence-electron chi connectivity index (χ1n) is 5.82. The summed E-state index contributed by atoms with van der Waals surface area (Å²) in [6.45, 7) is 7.87. The molecule has 0 bridgehead atoms. The van der Waals surface area contributed by atoms with E-state index in [-0.39, 0.29) is 11.3 Å². The number of carbonyl (C=O) groups excluding carboxylic acids is 2. The SMILES string of the molecule is CC(NC(=O)c1ccc(C(C)(C)C)cc1)C(=O)Cl. The first kappa shape index (κ1) is 14.7. The summed E-state index contributed by atoms with van der Waals surface area (Å²) in [6, 6.07) is 6.66. The van der Waals surface area contributed by atoms with Crippen LogP contribution in [0.4, 0.5) is 0 Å². The molecule has 0 aromatic heterocycles. The van der Waals surface area contributed by atoms with Gasteiger partial charge < -0.3 is 5.32 Å². The molecule has 0 heterocycles. The molecule has 3 nitrogen and oxygen atoms in total. The smallest absolute Gasteiger partial charge is 0.251 e. The van der Waals surface area contributed by atoms with Crippen LogP contribution in [0.15, 0.2) is 24.3 Å². The molecule has 0 spiro atoms. The minimum absolute atomic E-state index is 0.0500. The standard InChI is InChI=1S/C14H18ClNO2/c1-9(12(15)17)16-13(18)10-5-7-11(8-6-10)14(2,3)4/h5-9H,1-4H3,(H,16,18). The number of rotatable bonds is 3. The predicted molar refractivity (Wildman–Crippen MR) is 72.9 cm³/mol. The molecule has 1 rings (SSSR count). The van der Waals surface area contributed by atoms with Crippen molar-refractivity contribution >= 4 is 22.8 Å². The molecule has 1 unspecified atom stereocenters. The van der Waals surface area contributed by atoms with E-state index in [1.807, 2.05) is 12.1 Å². The van der Waals surface area contributed by atoms with Gasteiger partial charge in [-0.2, -0.15) is 0 Å². The topological polar surface area (TPSA) is 46.2 Å². The van der Waals surface area contributed by atoms with E-state index < -0.39 is 11.3 Å². The normalized spacial score (nSPS) is 12.9. The second kappa shape index (κ2) is 5.53. The van der Waals surface area contributed by atoms with Crippen molar-refractivity contribution in [2.75, 3.05) is 0 Å². The summed E-state index contributed by atoms with van der Waals surface area (Å²) in [5, 5.41) is 1.96. The predicted octanol–water partition coefficient (Wildman–Crippen LogP) is 2.87. The molecule has 1 atom stereocenters. The van der Waals surface area contributed by atoms with Crippen LogP contribution in [0.2, 0.25) is 0 Å². The lowest BCUT2D eigenvalue weighted by atomic mass is 9.86. The monoisotopic (exact) mass is 267 g/mol. The Hall–Kier alpha value is -1.35. The average Bonchev–Trinajstić information content (AvgIpc) is 2.27. The Kier molecular flexibility index (Phi) is 4.52. The van der Waals surface area contributed by atoms with Gasteiger partial charge in [-0.15, -0.1) is 0 Å². The summed E-state index contributed by atoms with van der Waals surface area (Å²) in [6.07, 6.45) is 0. The summed E-state index contributed by atoms with van der Waals surface area (Å²) >= 11 is 5.29. The number of halogens is 1. The number of benzene rings is 1. The fourth-order valence-electron chi connectivity index (χ4n) is 1.46. The summed E-state index contributed by atoms with van der Waals surface area (Å²) in [4.78, 5) is 22.6. The van der Waals surface area contributed by atoms with Crippen molar-refractivity contribution in [3.63, 3.8) is 0 Å². The van der Waals surface area contributed by atoms with Crippen LogP contribution in [-0.4, -0.2) is 17.2 Å². The lowest BCUT2D eigenvalue weighted by molar-refractivity contribution is -0.113. The molecule has 0 fully saturated rings. The minimum atomic E-state index is -0.679. The highest BCUT2D eigenvalue weighted by Gasteiger charge is 2.16. The van der Waals surface area contributed by atoms with Gasteiger partial charge in [0.25, 0.3) is 5.91 Å². The number of amides is 1. The lowest BCUT2D eigenvalue weighted by Gasteiger charge is -2.19. The number of carbonyl (C=O) groups is 2. The van der Waals surface area contributed by atoms with Gasteiger partial charge in [-0.25, -0.2) is 0 Å². The van der Waals surface area contributed by atoms with E-state index in [9.17, 15) is 9.59 Å². The highest BCUT2D eigenvalue weighted by Crippen LogP contribution is 2.22. The molecule has 0 saturated heterocycles. The van der Waals surface area contributed by atoms with E-state index >= 15 is 0 Å². The lowest BCUT2D eigenvalue weighted by Crippen LogP contribution is -2.36. The van der Waals surface area contributed by atoms with E-state index in [1.54, 1.807) is 19.1 Å². The van der Waals surface area contributed by atoms with Gasteiger partial charge in [-0.3, -0.25) is 9.59 Å². The van der Waals surface area contributed by atoms with Gasteiger partial charge in [-0.1, -0.05) is 32.9 Å². The van der Waals surface area contributed by atoms with Crippen molar-refractivity contribution in [2.45, 2.75) is 39.2 Å². The fraction of sp³-hybridized carbons (Fsp3) is 0.429. The first-order valence-corrected chi connectivity index (χ1v) is 6.20. The fourth-order valence-corrected chi connectivity index (χ4v) is 1.51. The zero-order valence-electron chi connectivity index (χ0n) is 11.1. The van der Waals surface area contributed by atoms with E-state index in [2.05, 4.69) is 26.1 Å². The Morgan fingerprint density at radius 3 is 2.06 bits per heavy atom. The Morgan fingerprint density at radius 1 is 1.17 bits per heavy atom. The molecule has 1 N–H and O–H groups in total. The molecule has 18 heavy (non-hydrogen) atoms. The maximum absolute atomic E-state index is 11.8. The van der Waals surface area contributed by atoms with Gasteiger partial charge in [0.2, 0.25) is 5.24 Å². The van der Waals surface area contributed by atoms with Crippen LogP contribution < -0.4 is 5.32 Å². The summed E-state index contributed by atoms with van der Waals surface area (Å²) in [5.74, 6) is -0.294. The van der Waals surface area contributed by atoms with Crippen molar-refractivity contribution in [1.82, 2.24) is 5.32 Å². The zero-order chi connectivity index (χ0) is 13.9. The highest BCUT2D eigenvalue weighted by molar-refractivity contribution is 6.64. The Balaban J connectivity index is 2.80. The van der Waals surface area contributed by atoms with Crippen LogP contribution in [0.1, 0.15) is 43.6 Å². The average molecular weight is 268 g/mol. The molecule has 0 aliphatic rings. The van der Waals surface area contributed by atoms with Crippen LogP contribution in [0.5, 0.6) is 0 Å². The second-order valence-electron chi connectivity index (χ2n) is 5.33. The van der Waals surface area contributed by atoms with Crippen molar-refractivity contribution < 1.29 is 9.59 Å². The first-order chi connectivity index (χ1) is 8.21. The largest absolute Gasteiger partial charge is 0.341 e. The molecule has 1 aromatic rings. The molecule has 0 aliphatic heterocycles. The third-order valence-corrected chi connectivity index (χ3v) is 3.03. The summed E-state index contributed by atoms with van der Waals surface area (Å²) < 4.78 is 0. The van der Waals surface area contributed by atoms with Gasteiger partial charge in [0, 0.05) is 5.56 Å². The van der Waals surface area contributed by atoms with Gasteiger partial charge in [-0.05, 0) is 41.6 Å². The Morgan fingerprint density at radius 2 is 1.67 bits per heavy atom. The summed E-state index contributed by atoms with van der Waals surface area (Å²) in [5.41, 5.74) is 1.72. The van der Waals surface area contributed by atoms with Crippen LogP contribution in [0.3, 0.4) is 0 Å². The summed E-state index contributed by atoms with van der Waals surface area (Å²) in [7, 11) is 0. The number of hydrogen-bond acceptors (Lipinski definition) is 2. The Bertz CT molecular complexity index is 446. The van der Waals surface area contributed by atoms with Crippen molar-refractivity contribution in [3.8, 4) is 0 Å². The molecule has 0 aliphatic carbocycles. The maximum Gasteiger partial charge on any atom is 0.251 e. The van der Waals surface area contributed by atoms with Crippen LogP contribution in [-0.2, 0) is 10.2 Å². The molecule has 4 heteroatoms. The molecular weight excluding hydrogens is 250 g/mol. The van der Waals surface area contributed by atoms with Crippen LogP contribution in [0.25, 0.3) is 0 Å². The van der Waals surface area contributed by atoms with Gasteiger partial charge in [0.1, 0.15) is 6.04 Å². The molecular formula is C14H18ClNO2. The van der Waals surface area contributed by atoms with Crippen molar-refractivity contribution in [1.29, 1.82) is 0 Å². The van der Waals surface area contributed by atoms with Gasteiger partial charge in [0.05, 0.1) is 0 Å².